The van der Waals surface area contributed by atoms with Crippen molar-refractivity contribution in [3.63, 3.8) is 0 Å². The van der Waals surface area contributed by atoms with Crippen molar-refractivity contribution in [2.45, 2.75) is 38.8 Å². The van der Waals surface area contributed by atoms with E-state index >= 15 is 0 Å². The fourth-order valence-electron chi connectivity index (χ4n) is 1.19. The van der Waals surface area contributed by atoms with E-state index in [2.05, 4.69) is 11.1 Å². The van der Waals surface area contributed by atoms with Crippen molar-refractivity contribution in [2.24, 2.45) is 5.73 Å². The summed E-state index contributed by atoms with van der Waals surface area (Å²) in [6.07, 6.45) is 1.18. The predicted molar refractivity (Wildman–Crippen MR) is 54.7 cm³/mol. The molecule has 0 saturated heterocycles. The number of ether oxygens (including phenoxy) is 1. The minimum Gasteiger partial charge on any atom is -0.456 e. The second kappa shape index (κ2) is 7.05. The van der Waals surface area contributed by atoms with Crippen molar-refractivity contribution in [3.05, 3.63) is 0 Å². The monoisotopic (exact) mass is 218 g/mol. The van der Waals surface area contributed by atoms with Crippen molar-refractivity contribution in [1.82, 2.24) is 5.32 Å². The van der Waals surface area contributed by atoms with E-state index in [4.69, 9.17) is 10.5 Å². The van der Waals surface area contributed by atoms with E-state index in [-0.39, 0.29) is 18.1 Å². The maximum absolute atomic E-state index is 10.8. The van der Waals surface area contributed by atoms with Crippen LogP contribution in [0.1, 0.15) is 26.7 Å². The molecule has 0 saturated carbocycles. The van der Waals surface area contributed by atoms with Gasteiger partial charge < -0.3 is 21.5 Å². The van der Waals surface area contributed by atoms with Gasteiger partial charge in [-0.2, -0.15) is 0 Å². The van der Waals surface area contributed by atoms with Crippen LogP contribution in [0.5, 0.6) is 0 Å². The van der Waals surface area contributed by atoms with Crippen LogP contribution in [-0.2, 0) is 9.53 Å². The molecule has 15 heavy (non-hydrogen) atoms. The van der Waals surface area contributed by atoms with E-state index in [9.17, 15) is 9.59 Å². The smallest absolute Gasteiger partial charge is 0.312 e. The Labute approximate surface area is 89.3 Å². The summed E-state index contributed by atoms with van der Waals surface area (Å²) < 4.78 is 5.07. The Hall–Kier alpha value is -1.30. The van der Waals surface area contributed by atoms with Crippen molar-refractivity contribution in [2.75, 3.05) is 6.54 Å². The van der Waals surface area contributed by atoms with Gasteiger partial charge in [-0.15, -0.1) is 0 Å². The zero-order chi connectivity index (χ0) is 11.8. The third-order valence-electron chi connectivity index (χ3n) is 1.92. The first kappa shape index (κ1) is 13.7. The highest BCUT2D eigenvalue weighted by Gasteiger charge is 2.19. The second-order valence-electron chi connectivity index (χ2n) is 3.56. The fourth-order valence-corrected chi connectivity index (χ4v) is 1.19. The molecule has 0 aliphatic rings. The SMILES string of the molecule is CC(=O)OC(CCCNC(N)=O)C(C)[NH3+]. The van der Waals surface area contributed by atoms with Crippen LogP contribution in [0.2, 0.25) is 0 Å². The summed E-state index contributed by atoms with van der Waals surface area (Å²) in [6, 6.07) is -0.510. The number of urea groups is 1. The van der Waals surface area contributed by atoms with Gasteiger partial charge in [-0.1, -0.05) is 0 Å². The van der Waals surface area contributed by atoms with Crippen LogP contribution >= 0.6 is 0 Å². The van der Waals surface area contributed by atoms with Gasteiger partial charge in [-0.3, -0.25) is 4.79 Å². The highest BCUT2D eigenvalue weighted by atomic mass is 16.5. The lowest BCUT2D eigenvalue weighted by Crippen LogP contribution is -2.65. The number of hydrogen-bond acceptors (Lipinski definition) is 3. The molecule has 0 aromatic rings. The molecule has 0 aromatic heterocycles. The molecule has 0 aliphatic carbocycles. The molecule has 88 valence electrons. The molecule has 2 unspecified atom stereocenters. The molecule has 6 heteroatoms. The lowest BCUT2D eigenvalue weighted by Gasteiger charge is -2.17. The Bertz CT molecular complexity index is 219. The standard InChI is InChI=1S/C9H19N3O3/c1-6(10)8(15-7(2)13)4-3-5-12-9(11)14/h6,8H,3-5,10H2,1-2H3,(H3,11,12,14)/p+1. The number of rotatable bonds is 6. The molecular weight excluding hydrogens is 198 g/mol. The van der Waals surface area contributed by atoms with E-state index in [0.717, 1.165) is 0 Å². The van der Waals surface area contributed by atoms with E-state index in [0.29, 0.717) is 19.4 Å². The molecule has 6 N–H and O–H groups in total. The van der Waals surface area contributed by atoms with Gasteiger partial charge in [0.1, 0.15) is 6.04 Å². The third kappa shape index (κ3) is 7.75. The highest BCUT2D eigenvalue weighted by Crippen LogP contribution is 2.04. The number of carbonyl (C=O) groups excluding carboxylic acids is 2. The van der Waals surface area contributed by atoms with E-state index < -0.39 is 6.03 Å². The Kier molecular flexibility index (Phi) is 6.44. The largest absolute Gasteiger partial charge is 0.456 e. The maximum Gasteiger partial charge on any atom is 0.312 e. The van der Waals surface area contributed by atoms with Crippen molar-refractivity contribution >= 4 is 12.0 Å². The van der Waals surface area contributed by atoms with Crippen molar-refractivity contribution in [3.8, 4) is 0 Å². The van der Waals surface area contributed by atoms with Gasteiger partial charge >= 0.3 is 12.0 Å². The third-order valence-corrected chi connectivity index (χ3v) is 1.92. The summed E-state index contributed by atoms with van der Waals surface area (Å²) in [6.45, 7) is 3.74. The Morgan fingerprint density at radius 2 is 2.13 bits per heavy atom. The predicted octanol–water partition coefficient (Wildman–Crippen LogP) is -1.00. The van der Waals surface area contributed by atoms with E-state index in [1.54, 1.807) is 0 Å². The Morgan fingerprint density at radius 3 is 2.53 bits per heavy atom. The van der Waals surface area contributed by atoms with Crippen LogP contribution in [0.4, 0.5) is 4.79 Å². The molecule has 0 spiro atoms. The van der Waals surface area contributed by atoms with Gasteiger partial charge in [-0.05, 0) is 19.8 Å². The molecule has 0 radical (unpaired) electrons. The molecule has 0 bridgehead atoms. The van der Waals surface area contributed by atoms with Crippen LogP contribution in [0, 0.1) is 0 Å². The second-order valence-corrected chi connectivity index (χ2v) is 3.56. The molecule has 2 amide bonds. The number of primary amides is 1. The van der Waals surface area contributed by atoms with Crippen molar-refractivity contribution in [1.29, 1.82) is 0 Å². The summed E-state index contributed by atoms with van der Waals surface area (Å²) in [5.41, 5.74) is 8.72. The topological polar surface area (TPSA) is 109 Å². The van der Waals surface area contributed by atoms with Gasteiger partial charge in [0.15, 0.2) is 6.10 Å². The van der Waals surface area contributed by atoms with Crippen LogP contribution in [0.3, 0.4) is 0 Å². The molecule has 6 nitrogen and oxygen atoms in total. The summed E-state index contributed by atoms with van der Waals surface area (Å²) >= 11 is 0. The average molecular weight is 218 g/mol. The molecule has 0 fully saturated rings. The first-order valence-corrected chi connectivity index (χ1v) is 4.97. The molecule has 0 rings (SSSR count). The number of esters is 1. The van der Waals surface area contributed by atoms with E-state index in [1.807, 2.05) is 6.92 Å². The zero-order valence-electron chi connectivity index (χ0n) is 9.29. The lowest BCUT2D eigenvalue weighted by molar-refractivity contribution is -0.431. The number of hydrogen-bond donors (Lipinski definition) is 3. The molecular formula is C9H20N3O3+. The molecule has 0 aliphatic heterocycles. The van der Waals surface area contributed by atoms with Gasteiger partial charge in [0.25, 0.3) is 0 Å². The zero-order valence-corrected chi connectivity index (χ0v) is 9.29. The first-order chi connectivity index (χ1) is 6.93. The minimum absolute atomic E-state index is 0.0301. The Balaban J connectivity index is 3.76. The summed E-state index contributed by atoms with van der Waals surface area (Å²) in [5, 5.41) is 2.47. The van der Waals surface area contributed by atoms with Crippen LogP contribution < -0.4 is 16.8 Å². The quantitative estimate of drug-likeness (QED) is 0.393. The lowest BCUT2D eigenvalue weighted by atomic mass is 10.1. The number of amides is 2. The van der Waals surface area contributed by atoms with Crippen LogP contribution in [0.25, 0.3) is 0 Å². The first-order valence-electron chi connectivity index (χ1n) is 4.97. The Morgan fingerprint density at radius 1 is 1.53 bits per heavy atom. The van der Waals surface area contributed by atoms with Gasteiger partial charge in [-0.25, -0.2) is 4.79 Å². The summed E-state index contributed by atoms with van der Waals surface area (Å²) in [4.78, 5) is 21.1. The molecule has 2 atom stereocenters. The average Bonchev–Trinajstić information content (AvgIpc) is 2.08. The normalized spacial score (nSPS) is 14.1. The van der Waals surface area contributed by atoms with Crippen LogP contribution in [-0.4, -0.2) is 30.7 Å². The van der Waals surface area contributed by atoms with Gasteiger partial charge in [0, 0.05) is 13.5 Å². The highest BCUT2D eigenvalue weighted by molar-refractivity contribution is 5.71. The minimum atomic E-state index is -0.540. The fraction of sp³-hybridized carbons (Fsp3) is 0.778. The summed E-state index contributed by atoms with van der Waals surface area (Å²) in [7, 11) is 0. The summed E-state index contributed by atoms with van der Waals surface area (Å²) in [5.74, 6) is -0.307. The van der Waals surface area contributed by atoms with Gasteiger partial charge in [0.05, 0.1) is 0 Å². The number of quaternary nitrogens is 1. The number of nitrogens with one attached hydrogen (secondary N) is 1. The van der Waals surface area contributed by atoms with E-state index in [1.165, 1.54) is 6.92 Å². The number of nitrogens with two attached hydrogens (primary N) is 1. The molecule has 0 aromatic carbocycles. The van der Waals surface area contributed by atoms with Gasteiger partial charge in [0.2, 0.25) is 0 Å². The number of carbonyl (C=O) groups is 2. The molecule has 0 heterocycles. The van der Waals surface area contributed by atoms with Crippen LogP contribution in [0.15, 0.2) is 0 Å². The van der Waals surface area contributed by atoms with Crippen molar-refractivity contribution < 1.29 is 20.1 Å². The maximum atomic E-state index is 10.8.